The van der Waals surface area contributed by atoms with E-state index in [1.807, 2.05) is 0 Å². The summed E-state index contributed by atoms with van der Waals surface area (Å²) >= 11 is 0. The van der Waals surface area contributed by atoms with Gasteiger partial charge in [0.15, 0.2) is 0 Å². The van der Waals surface area contributed by atoms with Crippen molar-refractivity contribution in [3.05, 3.63) is 34.9 Å². The molecule has 1 aromatic rings. The maximum atomic E-state index is 11.1. The Labute approximate surface area is 110 Å². The van der Waals surface area contributed by atoms with Crippen molar-refractivity contribution in [1.29, 1.82) is 0 Å². The summed E-state index contributed by atoms with van der Waals surface area (Å²) in [6, 6.07) is 6.34. The van der Waals surface area contributed by atoms with E-state index in [1.54, 1.807) is 0 Å². The standard InChI is InChI=1S/C16H24O2/c1-5-13(6-2)15(10-16(17)18)14-9-11(3)7-8-12(14)4/h7-9,13,15H,5-6,10H2,1-4H3,(H,17,18). The summed E-state index contributed by atoms with van der Waals surface area (Å²) in [5.41, 5.74) is 3.63. The lowest BCUT2D eigenvalue weighted by atomic mass is 9.78. The first-order valence-corrected chi connectivity index (χ1v) is 6.78. The van der Waals surface area contributed by atoms with Crippen LogP contribution in [0.15, 0.2) is 18.2 Å². The Morgan fingerprint density at radius 1 is 1.22 bits per heavy atom. The SMILES string of the molecule is CCC(CC)C(CC(=O)O)c1cc(C)ccc1C. The molecule has 1 N–H and O–H groups in total. The van der Waals surface area contributed by atoms with Crippen LogP contribution < -0.4 is 0 Å². The summed E-state index contributed by atoms with van der Waals surface area (Å²) in [5, 5.41) is 9.15. The highest BCUT2D eigenvalue weighted by atomic mass is 16.4. The van der Waals surface area contributed by atoms with Crippen molar-refractivity contribution >= 4 is 5.97 Å². The zero-order valence-electron chi connectivity index (χ0n) is 11.9. The largest absolute Gasteiger partial charge is 0.481 e. The minimum Gasteiger partial charge on any atom is -0.481 e. The summed E-state index contributed by atoms with van der Waals surface area (Å²) < 4.78 is 0. The van der Waals surface area contributed by atoms with Crippen molar-refractivity contribution in [2.75, 3.05) is 0 Å². The first-order chi connectivity index (χ1) is 8.49. The van der Waals surface area contributed by atoms with Crippen molar-refractivity contribution < 1.29 is 9.90 Å². The monoisotopic (exact) mass is 248 g/mol. The minimum atomic E-state index is -0.701. The van der Waals surface area contributed by atoms with Gasteiger partial charge in [-0.05, 0) is 36.8 Å². The number of rotatable bonds is 6. The topological polar surface area (TPSA) is 37.3 Å². The molecule has 0 saturated heterocycles. The van der Waals surface area contributed by atoms with Crippen molar-refractivity contribution in [2.24, 2.45) is 5.92 Å². The molecular weight excluding hydrogens is 224 g/mol. The molecule has 0 amide bonds. The summed E-state index contributed by atoms with van der Waals surface area (Å²) in [6.45, 7) is 8.43. The molecule has 1 atom stereocenters. The number of carboxylic acids is 1. The Hall–Kier alpha value is -1.31. The molecule has 0 aliphatic rings. The number of benzene rings is 1. The third-order valence-corrected chi connectivity index (χ3v) is 3.85. The van der Waals surface area contributed by atoms with Gasteiger partial charge in [0.1, 0.15) is 0 Å². The third kappa shape index (κ3) is 3.59. The molecule has 0 saturated carbocycles. The van der Waals surface area contributed by atoms with Crippen LogP contribution in [-0.2, 0) is 4.79 Å². The molecule has 18 heavy (non-hydrogen) atoms. The molecule has 2 nitrogen and oxygen atoms in total. The number of carbonyl (C=O) groups is 1. The maximum absolute atomic E-state index is 11.1. The fraction of sp³-hybridized carbons (Fsp3) is 0.562. The van der Waals surface area contributed by atoms with Gasteiger partial charge in [0, 0.05) is 0 Å². The molecule has 1 rings (SSSR count). The first kappa shape index (κ1) is 14.7. The van der Waals surface area contributed by atoms with Gasteiger partial charge in [-0.3, -0.25) is 4.79 Å². The van der Waals surface area contributed by atoms with Gasteiger partial charge in [-0.2, -0.15) is 0 Å². The zero-order chi connectivity index (χ0) is 13.7. The Kier molecular flexibility index (Phi) is 5.39. The van der Waals surface area contributed by atoms with Crippen LogP contribution in [0.1, 0.15) is 55.7 Å². The highest BCUT2D eigenvalue weighted by Crippen LogP contribution is 2.34. The van der Waals surface area contributed by atoms with Gasteiger partial charge >= 0.3 is 5.97 Å². The molecule has 1 aromatic carbocycles. The molecule has 0 aliphatic heterocycles. The van der Waals surface area contributed by atoms with Crippen molar-refractivity contribution in [1.82, 2.24) is 0 Å². The number of hydrogen-bond donors (Lipinski definition) is 1. The van der Waals surface area contributed by atoms with Crippen LogP contribution in [0.3, 0.4) is 0 Å². The molecule has 1 unspecified atom stereocenters. The average Bonchev–Trinajstić information content (AvgIpc) is 2.32. The Morgan fingerprint density at radius 2 is 1.83 bits per heavy atom. The Morgan fingerprint density at radius 3 is 2.33 bits per heavy atom. The molecule has 0 bridgehead atoms. The van der Waals surface area contributed by atoms with Crippen LogP contribution in [0.5, 0.6) is 0 Å². The summed E-state index contributed by atoms with van der Waals surface area (Å²) in [7, 11) is 0. The lowest BCUT2D eigenvalue weighted by Crippen LogP contribution is -2.17. The lowest BCUT2D eigenvalue weighted by molar-refractivity contribution is -0.137. The fourth-order valence-electron chi connectivity index (χ4n) is 2.74. The van der Waals surface area contributed by atoms with E-state index in [2.05, 4.69) is 45.9 Å². The van der Waals surface area contributed by atoms with E-state index >= 15 is 0 Å². The van der Waals surface area contributed by atoms with E-state index in [9.17, 15) is 4.79 Å². The smallest absolute Gasteiger partial charge is 0.303 e. The number of aliphatic carboxylic acids is 1. The predicted molar refractivity (Wildman–Crippen MR) is 75.0 cm³/mol. The van der Waals surface area contributed by atoms with E-state index in [1.165, 1.54) is 16.7 Å². The second-order valence-corrected chi connectivity index (χ2v) is 5.14. The van der Waals surface area contributed by atoms with Crippen LogP contribution >= 0.6 is 0 Å². The lowest BCUT2D eigenvalue weighted by Gasteiger charge is -2.26. The van der Waals surface area contributed by atoms with Crippen molar-refractivity contribution in [3.8, 4) is 0 Å². The van der Waals surface area contributed by atoms with E-state index in [0.29, 0.717) is 5.92 Å². The zero-order valence-corrected chi connectivity index (χ0v) is 11.9. The van der Waals surface area contributed by atoms with Gasteiger partial charge in [-0.15, -0.1) is 0 Å². The van der Waals surface area contributed by atoms with Crippen molar-refractivity contribution in [3.63, 3.8) is 0 Å². The highest BCUT2D eigenvalue weighted by molar-refractivity contribution is 5.68. The van der Waals surface area contributed by atoms with Gasteiger partial charge in [0.2, 0.25) is 0 Å². The van der Waals surface area contributed by atoms with Gasteiger partial charge in [0.25, 0.3) is 0 Å². The molecule has 100 valence electrons. The summed E-state index contributed by atoms with van der Waals surface area (Å²) in [5.74, 6) is -0.119. The Bertz CT molecular complexity index is 406. The molecule has 0 aliphatic carbocycles. The quantitative estimate of drug-likeness (QED) is 0.815. The molecule has 0 fully saturated rings. The summed E-state index contributed by atoms with van der Waals surface area (Å²) in [4.78, 5) is 11.1. The normalized spacial score (nSPS) is 12.7. The minimum absolute atomic E-state index is 0.136. The highest BCUT2D eigenvalue weighted by Gasteiger charge is 2.24. The van der Waals surface area contributed by atoms with Gasteiger partial charge < -0.3 is 5.11 Å². The maximum Gasteiger partial charge on any atom is 0.303 e. The summed E-state index contributed by atoms with van der Waals surface area (Å²) in [6.07, 6.45) is 2.29. The third-order valence-electron chi connectivity index (χ3n) is 3.85. The second-order valence-electron chi connectivity index (χ2n) is 5.14. The number of carboxylic acid groups (broad SMARTS) is 1. The molecule has 0 heterocycles. The molecular formula is C16H24O2. The van der Waals surface area contributed by atoms with Crippen LogP contribution in [-0.4, -0.2) is 11.1 Å². The number of hydrogen-bond acceptors (Lipinski definition) is 1. The second kappa shape index (κ2) is 6.58. The van der Waals surface area contributed by atoms with Crippen LogP contribution in [0.4, 0.5) is 0 Å². The Balaban J connectivity index is 3.15. The van der Waals surface area contributed by atoms with Gasteiger partial charge in [0.05, 0.1) is 6.42 Å². The van der Waals surface area contributed by atoms with Crippen LogP contribution in [0, 0.1) is 19.8 Å². The molecule has 0 radical (unpaired) electrons. The van der Waals surface area contributed by atoms with Crippen LogP contribution in [0.25, 0.3) is 0 Å². The number of aryl methyl sites for hydroxylation is 2. The van der Waals surface area contributed by atoms with Crippen molar-refractivity contribution in [2.45, 2.75) is 52.9 Å². The molecule has 2 heteroatoms. The first-order valence-electron chi connectivity index (χ1n) is 6.78. The van der Waals surface area contributed by atoms with E-state index in [0.717, 1.165) is 12.8 Å². The van der Waals surface area contributed by atoms with E-state index in [-0.39, 0.29) is 12.3 Å². The molecule has 0 aromatic heterocycles. The predicted octanol–water partition coefficient (Wildman–Crippen LogP) is 4.30. The average molecular weight is 248 g/mol. The fourth-order valence-corrected chi connectivity index (χ4v) is 2.74. The van der Waals surface area contributed by atoms with Gasteiger partial charge in [-0.25, -0.2) is 0 Å². The molecule has 0 spiro atoms. The van der Waals surface area contributed by atoms with E-state index in [4.69, 9.17) is 5.11 Å². The van der Waals surface area contributed by atoms with E-state index < -0.39 is 5.97 Å². The van der Waals surface area contributed by atoms with Crippen LogP contribution in [0.2, 0.25) is 0 Å². The van der Waals surface area contributed by atoms with Gasteiger partial charge in [-0.1, -0.05) is 50.5 Å².